The molecule has 0 unspecified atom stereocenters. The van der Waals surface area contributed by atoms with E-state index in [-0.39, 0.29) is 12.6 Å². The molecule has 1 aromatic rings. The van der Waals surface area contributed by atoms with Gasteiger partial charge in [-0.3, -0.25) is 0 Å². The van der Waals surface area contributed by atoms with Crippen molar-refractivity contribution in [2.24, 2.45) is 5.92 Å². The van der Waals surface area contributed by atoms with Crippen LogP contribution in [-0.2, 0) is 0 Å². The highest BCUT2D eigenvalue weighted by Crippen LogP contribution is 2.23. The Hall–Kier alpha value is -1.36. The molecule has 0 aromatic carbocycles. The molecule has 0 aliphatic rings. The predicted octanol–water partition coefficient (Wildman–Crippen LogP) is 2.00. The molecule has 0 fully saturated rings. The minimum absolute atomic E-state index is 0.163. The van der Waals surface area contributed by atoms with Gasteiger partial charge in [-0.25, -0.2) is 9.97 Å². The normalized spacial score (nSPS) is 12.6. The molecule has 1 rings (SSSR count). The van der Waals surface area contributed by atoms with Crippen LogP contribution in [0.3, 0.4) is 0 Å². The number of rotatable bonds is 7. The molecular formula is C13H23N3O2. The van der Waals surface area contributed by atoms with Crippen LogP contribution in [0.5, 0.6) is 5.75 Å². The molecule has 0 bridgehead atoms. The molecule has 0 spiro atoms. The first-order valence-corrected chi connectivity index (χ1v) is 6.31. The highest BCUT2D eigenvalue weighted by molar-refractivity contribution is 5.49. The zero-order valence-corrected chi connectivity index (χ0v) is 11.6. The van der Waals surface area contributed by atoms with Crippen LogP contribution in [0.1, 0.15) is 32.5 Å². The van der Waals surface area contributed by atoms with Crippen LogP contribution in [0.15, 0.2) is 6.20 Å². The summed E-state index contributed by atoms with van der Waals surface area (Å²) in [6.07, 6.45) is 3.34. The molecule has 102 valence electrons. The van der Waals surface area contributed by atoms with Crippen molar-refractivity contribution in [3.8, 4) is 5.75 Å². The van der Waals surface area contributed by atoms with Gasteiger partial charge in [0.1, 0.15) is 5.82 Å². The minimum Gasteiger partial charge on any atom is -0.491 e. The van der Waals surface area contributed by atoms with Crippen molar-refractivity contribution < 1.29 is 9.84 Å². The van der Waals surface area contributed by atoms with E-state index >= 15 is 0 Å². The van der Waals surface area contributed by atoms with E-state index < -0.39 is 0 Å². The number of anilines is 1. The van der Waals surface area contributed by atoms with Gasteiger partial charge in [-0.05, 0) is 25.7 Å². The third kappa shape index (κ3) is 4.49. The lowest BCUT2D eigenvalue weighted by Gasteiger charge is -2.21. The number of nitrogens with zero attached hydrogens (tertiary/aromatic N) is 2. The van der Waals surface area contributed by atoms with E-state index in [0.717, 1.165) is 6.42 Å². The highest BCUT2D eigenvalue weighted by atomic mass is 16.5. The average molecular weight is 253 g/mol. The molecule has 0 saturated carbocycles. The predicted molar refractivity (Wildman–Crippen MR) is 71.9 cm³/mol. The van der Waals surface area contributed by atoms with Crippen LogP contribution in [0.25, 0.3) is 0 Å². The Kier molecular flexibility index (Phi) is 5.85. The molecule has 0 saturated heterocycles. The van der Waals surface area contributed by atoms with Gasteiger partial charge < -0.3 is 15.2 Å². The van der Waals surface area contributed by atoms with Crippen molar-refractivity contribution in [3.05, 3.63) is 12.0 Å². The first-order valence-electron chi connectivity index (χ1n) is 6.31. The molecule has 0 aliphatic carbocycles. The molecule has 1 aromatic heterocycles. The van der Waals surface area contributed by atoms with Crippen LogP contribution in [0, 0.1) is 12.8 Å². The minimum atomic E-state index is 0.163. The molecular weight excluding hydrogens is 230 g/mol. The van der Waals surface area contributed by atoms with Crippen molar-refractivity contribution in [2.75, 3.05) is 19.0 Å². The first kappa shape index (κ1) is 14.7. The largest absolute Gasteiger partial charge is 0.491 e. The highest BCUT2D eigenvalue weighted by Gasteiger charge is 2.14. The first-order chi connectivity index (χ1) is 8.56. The Labute approximate surface area is 109 Å². The van der Waals surface area contributed by atoms with E-state index in [9.17, 15) is 0 Å². The fraction of sp³-hybridized carbons (Fsp3) is 0.692. The SMILES string of the molecule is COc1cnc(C)nc1N[C@H](CCO)CC(C)C. The van der Waals surface area contributed by atoms with Gasteiger partial charge in [0.25, 0.3) is 0 Å². The van der Waals surface area contributed by atoms with Crippen LogP contribution in [0.4, 0.5) is 5.82 Å². The second-order valence-corrected chi connectivity index (χ2v) is 4.82. The summed E-state index contributed by atoms with van der Waals surface area (Å²) in [5, 5.41) is 12.4. The number of aryl methyl sites for hydroxylation is 1. The number of aromatic nitrogens is 2. The van der Waals surface area contributed by atoms with Gasteiger partial charge in [0.05, 0.1) is 13.3 Å². The summed E-state index contributed by atoms with van der Waals surface area (Å²) >= 11 is 0. The molecule has 0 radical (unpaired) electrons. The Morgan fingerprint density at radius 1 is 1.44 bits per heavy atom. The van der Waals surface area contributed by atoms with E-state index in [2.05, 4.69) is 29.1 Å². The van der Waals surface area contributed by atoms with Crippen LogP contribution in [0.2, 0.25) is 0 Å². The molecule has 0 amide bonds. The number of nitrogens with one attached hydrogen (secondary N) is 1. The van der Waals surface area contributed by atoms with Gasteiger partial charge in [0, 0.05) is 12.6 Å². The number of hydrogen-bond donors (Lipinski definition) is 2. The Bertz CT molecular complexity index is 369. The summed E-state index contributed by atoms with van der Waals surface area (Å²) in [6, 6.07) is 0.193. The van der Waals surface area contributed by atoms with Crippen LogP contribution >= 0.6 is 0 Å². The second-order valence-electron chi connectivity index (χ2n) is 4.82. The fourth-order valence-corrected chi connectivity index (χ4v) is 1.88. The summed E-state index contributed by atoms with van der Waals surface area (Å²) in [5.74, 6) is 2.59. The number of aliphatic hydroxyl groups excluding tert-OH is 1. The number of ether oxygens (including phenoxy) is 1. The second kappa shape index (κ2) is 7.16. The quantitative estimate of drug-likeness (QED) is 0.778. The molecule has 0 aliphatic heterocycles. The van der Waals surface area contributed by atoms with Gasteiger partial charge >= 0.3 is 0 Å². The van der Waals surface area contributed by atoms with E-state index in [0.29, 0.717) is 29.7 Å². The van der Waals surface area contributed by atoms with E-state index in [1.54, 1.807) is 13.3 Å². The lowest BCUT2D eigenvalue weighted by atomic mass is 10.0. The molecule has 5 heteroatoms. The number of hydrogen-bond acceptors (Lipinski definition) is 5. The lowest BCUT2D eigenvalue weighted by molar-refractivity contribution is 0.272. The summed E-state index contributed by atoms with van der Waals surface area (Å²) in [4.78, 5) is 8.44. The van der Waals surface area contributed by atoms with Gasteiger partial charge in [-0.1, -0.05) is 13.8 Å². The monoisotopic (exact) mass is 253 g/mol. The molecule has 1 heterocycles. The van der Waals surface area contributed by atoms with Crippen molar-refractivity contribution >= 4 is 5.82 Å². The van der Waals surface area contributed by atoms with E-state index in [1.165, 1.54) is 0 Å². The fourth-order valence-electron chi connectivity index (χ4n) is 1.88. The smallest absolute Gasteiger partial charge is 0.179 e. The topological polar surface area (TPSA) is 67.3 Å². The van der Waals surface area contributed by atoms with Crippen molar-refractivity contribution in [1.29, 1.82) is 0 Å². The molecule has 5 nitrogen and oxygen atoms in total. The zero-order valence-electron chi connectivity index (χ0n) is 11.6. The molecule has 18 heavy (non-hydrogen) atoms. The Morgan fingerprint density at radius 3 is 2.72 bits per heavy atom. The van der Waals surface area contributed by atoms with E-state index in [4.69, 9.17) is 9.84 Å². The number of methoxy groups -OCH3 is 1. The summed E-state index contributed by atoms with van der Waals surface area (Å²) in [7, 11) is 1.60. The maximum Gasteiger partial charge on any atom is 0.179 e. The summed E-state index contributed by atoms with van der Waals surface area (Å²) in [5.41, 5.74) is 0. The molecule has 1 atom stereocenters. The Balaban J connectivity index is 2.81. The van der Waals surface area contributed by atoms with Crippen molar-refractivity contribution in [2.45, 2.75) is 39.7 Å². The van der Waals surface area contributed by atoms with Gasteiger partial charge in [-0.2, -0.15) is 0 Å². The number of aliphatic hydroxyl groups is 1. The van der Waals surface area contributed by atoms with E-state index in [1.807, 2.05) is 6.92 Å². The standard InChI is InChI=1S/C13H23N3O2/c1-9(2)7-11(5-6-17)16-13-12(18-4)8-14-10(3)15-13/h8-9,11,17H,5-7H2,1-4H3,(H,14,15,16)/t11-/m1/s1. The maximum absolute atomic E-state index is 9.10. The van der Waals surface area contributed by atoms with Gasteiger partial charge in [0.15, 0.2) is 11.6 Å². The van der Waals surface area contributed by atoms with Crippen molar-refractivity contribution in [1.82, 2.24) is 9.97 Å². The Morgan fingerprint density at radius 2 is 2.17 bits per heavy atom. The summed E-state index contributed by atoms with van der Waals surface area (Å²) < 4.78 is 5.23. The van der Waals surface area contributed by atoms with Gasteiger partial charge in [0.2, 0.25) is 0 Å². The van der Waals surface area contributed by atoms with Crippen LogP contribution in [-0.4, -0.2) is 34.8 Å². The third-order valence-electron chi connectivity index (χ3n) is 2.67. The summed E-state index contributed by atoms with van der Waals surface area (Å²) in [6.45, 7) is 6.33. The lowest BCUT2D eigenvalue weighted by Crippen LogP contribution is -2.24. The average Bonchev–Trinajstić information content (AvgIpc) is 2.28. The van der Waals surface area contributed by atoms with Crippen LogP contribution < -0.4 is 10.1 Å². The zero-order chi connectivity index (χ0) is 13.5. The molecule has 2 N–H and O–H groups in total. The van der Waals surface area contributed by atoms with Gasteiger partial charge in [-0.15, -0.1) is 0 Å². The maximum atomic E-state index is 9.10. The third-order valence-corrected chi connectivity index (χ3v) is 2.67. The van der Waals surface area contributed by atoms with Crippen molar-refractivity contribution in [3.63, 3.8) is 0 Å².